The maximum absolute atomic E-state index is 12.0. The number of amides is 1. The molecule has 1 atom stereocenters. The summed E-state index contributed by atoms with van der Waals surface area (Å²) in [5.74, 6) is -1.21. The minimum Gasteiger partial charge on any atom is -0.481 e. The highest BCUT2D eigenvalue weighted by Crippen LogP contribution is 2.13. The van der Waals surface area contributed by atoms with E-state index < -0.39 is 11.5 Å². The zero-order chi connectivity index (χ0) is 15.2. The fourth-order valence-corrected chi connectivity index (χ4v) is 2.22. The van der Waals surface area contributed by atoms with Crippen molar-refractivity contribution >= 4 is 27.8 Å². The number of carbonyl (C=O) groups is 2. The van der Waals surface area contributed by atoms with Crippen LogP contribution in [0.25, 0.3) is 0 Å². The smallest absolute Gasteiger partial charge is 0.305 e. The van der Waals surface area contributed by atoms with Gasteiger partial charge in [-0.2, -0.15) is 0 Å². The fourth-order valence-electron chi connectivity index (χ4n) is 1.95. The van der Waals surface area contributed by atoms with E-state index in [0.29, 0.717) is 0 Å². The van der Waals surface area contributed by atoms with Crippen molar-refractivity contribution in [2.24, 2.45) is 0 Å². The van der Waals surface area contributed by atoms with Crippen LogP contribution in [0.15, 0.2) is 28.7 Å². The van der Waals surface area contributed by atoms with Crippen molar-refractivity contribution in [1.82, 2.24) is 5.32 Å². The fraction of sp³-hybridized carbons (Fsp3) is 0.429. The van der Waals surface area contributed by atoms with Gasteiger partial charge in [-0.1, -0.05) is 28.1 Å². The molecule has 0 heterocycles. The van der Waals surface area contributed by atoms with Crippen LogP contribution >= 0.6 is 15.9 Å². The average Bonchev–Trinajstić information content (AvgIpc) is 2.30. The average molecular weight is 344 g/mol. The summed E-state index contributed by atoms with van der Waals surface area (Å²) in [7, 11) is 1.47. The van der Waals surface area contributed by atoms with Gasteiger partial charge in [0.15, 0.2) is 0 Å². The first kappa shape index (κ1) is 16.7. The molecule has 0 aliphatic rings. The van der Waals surface area contributed by atoms with Gasteiger partial charge in [-0.25, -0.2) is 0 Å². The highest BCUT2D eigenvalue weighted by atomic mass is 79.9. The third-order valence-electron chi connectivity index (χ3n) is 2.72. The first-order chi connectivity index (χ1) is 9.34. The second-order valence-electron chi connectivity index (χ2n) is 4.92. The third kappa shape index (κ3) is 5.71. The summed E-state index contributed by atoms with van der Waals surface area (Å²) in [5, 5.41) is 11.6. The SMILES string of the molecule is COCC(C)(CC(=O)O)NC(=O)Cc1ccc(Br)cc1. The number of ether oxygens (including phenoxy) is 1. The van der Waals surface area contributed by atoms with E-state index >= 15 is 0 Å². The summed E-state index contributed by atoms with van der Waals surface area (Å²) in [6.45, 7) is 1.80. The van der Waals surface area contributed by atoms with Crippen molar-refractivity contribution in [3.63, 3.8) is 0 Å². The molecule has 1 amide bonds. The number of methoxy groups -OCH3 is 1. The molecule has 0 aromatic heterocycles. The zero-order valence-electron chi connectivity index (χ0n) is 11.5. The molecule has 0 fully saturated rings. The van der Waals surface area contributed by atoms with Crippen molar-refractivity contribution in [2.75, 3.05) is 13.7 Å². The lowest BCUT2D eigenvalue weighted by molar-refractivity contribution is -0.139. The van der Waals surface area contributed by atoms with Crippen molar-refractivity contribution in [2.45, 2.75) is 25.3 Å². The van der Waals surface area contributed by atoms with Gasteiger partial charge in [0.25, 0.3) is 0 Å². The molecule has 1 aromatic rings. The van der Waals surface area contributed by atoms with Gasteiger partial charge in [-0.05, 0) is 24.6 Å². The number of hydrogen-bond acceptors (Lipinski definition) is 3. The largest absolute Gasteiger partial charge is 0.481 e. The predicted molar refractivity (Wildman–Crippen MR) is 78.5 cm³/mol. The zero-order valence-corrected chi connectivity index (χ0v) is 13.1. The summed E-state index contributed by atoms with van der Waals surface area (Å²) >= 11 is 3.33. The molecule has 0 aliphatic heterocycles. The standard InChI is InChI=1S/C14H18BrNO4/c1-14(9-20-2,8-13(18)19)16-12(17)7-10-3-5-11(15)6-4-10/h3-6H,7-9H2,1-2H3,(H,16,17)(H,18,19). The summed E-state index contributed by atoms with van der Waals surface area (Å²) < 4.78 is 5.93. The van der Waals surface area contributed by atoms with Gasteiger partial charge in [0.2, 0.25) is 5.91 Å². The van der Waals surface area contributed by atoms with E-state index in [2.05, 4.69) is 21.2 Å². The van der Waals surface area contributed by atoms with Crippen LogP contribution in [-0.2, 0) is 20.7 Å². The third-order valence-corrected chi connectivity index (χ3v) is 3.25. The van der Waals surface area contributed by atoms with E-state index in [9.17, 15) is 9.59 Å². The topological polar surface area (TPSA) is 75.6 Å². The molecule has 6 heteroatoms. The van der Waals surface area contributed by atoms with Gasteiger partial charge in [0.05, 0.1) is 25.0 Å². The Bertz CT molecular complexity index is 475. The molecule has 0 bridgehead atoms. The molecule has 1 rings (SSSR count). The van der Waals surface area contributed by atoms with Crippen molar-refractivity contribution in [3.8, 4) is 0 Å². The van der Waals surface area contributed by atoms with E-state index in [1.807, 2.05) is 24.3 Å². The van der Waals surface area contributed by atoms with Gasteiger partial charge >= 0.3 is 5.97 Å². The van der Waals surface area contributed by atoms with Gasteiger partial charge in [0.1, 0.15) is 0 Å². The van der Waals surface area contributed by atoms with Crippen LogP contribution in [-0.4, -0.2) is 36.2 Å². The van der Waals surface area contributed by atoms with Crippen LogP contribution in [0.5, 0.6) is 0 Å². The highest BCUT2D eigenvalue weighted by Gasteiger charge is 2.29. The Hall–Kier alpha value is -1.40. The monoisotopic (exact) mass is 343 g/mol. The number of benzene rings is 1. The summed E-state index contributed by atoms with van der Waals surface area (Å²) in [6.07, 6.45) is 0.0130. The number of carboxylic acids is 1. The van der Waals surface area contributed by atoms with E-state index in [4.69, 9.17) is 9.84 Å². The Kier molecular flexibility index (Phi) is 6.16. The van der Waals surface area contributed by atoms with Crippen molar-refractivity contribution in [1.29, 1.82) is 0 Å². The van der Waals surface area contributed by atoms with E-state index in [1.54, 1.807) is 6.92 Å². The van der Waals surface area contributed by atoms with Gasteiger partial charge in [-0.3, -0.25) is 9.59 Å². The minimum absolute atomic E-state index is 0.144. The lowest BCUT2D eigenvalue weighted by Gasteiger charge is -2.28. The summed E-state index contributed by atoms with van der Waals surface area (Å²) in [4.78, 5) is 22.9. The van der Waals surface area contributed by atoms with Crippen LogP contribution in [0.3, 0.4) is 0 Å². The molecule has 0 saturated carbocycles. The maximum atomic E-state index is 12.0. The quantitative estimate of drug-likeness (QED) is 0.793. The van der Waals surface area contributed by atoms with Crippen LogP contribution in [0, 0.1) is 0 Å². The van der Waals surface area contributed by atoms with Crippen molar-refractivity contribution in [3.05, 3.63) is 34.3 Å². The molecule has 0 saturated heterocycles. The van der Waals surface area contributed by atoms with E-state index in [-0.39, 0.29) is 25.4 Å². The lowest BCUT2D eigenvalue weighted by atomic mass is 9.98. The molecule has 0 aliphatic carbocycles. The Morgan fingerprint density at radius 2 is 1.95 bits per heavy atom. The highest BCUT2D eigenvalue weighted by molar-refractivity contribution is 9.10. The first-order valence-electron chi connectivity index (χ1n) is 6.11. The number of carboxylic acid groups (broad SMARTS) is 1. The maximum Gasteiger partial charge on any atom is 0.305 e. The van der Waals surface area contributed by atoms with Gasteiger partial charge in [-0.15, -0.1) is 0 Å². The second-order valence-corrected chi connectivity index (χ2v) is 5.83. The molecule has 1 aromatic carbocycles. The van der Waals surface area contributed by atoms with Gasteiger partial charge in [0, 0.05) is 11.6 Å². The molecular formula is C14H18BrNO4. The molecule has 2 N–H and O–H groups in total. The van der Waals surface area contributed by atoms with Gasteiger partial charge < -0.3 is 15.2 Å². The predicted octanol–water partition coefficient (Wildman–Crippen LogP) is 1.99. The van der Waals surface area contributed by atoms with E-state index in [1.165, 1.54) is 7.11 Å². The van der Waals surface area contributed by atoms with Crippen LogP contribution < -0.4 is 5.32 Å². The molecule has 1 unspecified atom stereocenters. The normalized spacial score (nSPS) is 13.6. The van der Waals surface area contributed by atoms with Crippen LogP contribution in [0.1, 0.15) is 18.9 Å². The first-order valence-corrected chi connectivity index (χ1v) is 6.90. The minimum atomic E-state index is -0.978. The molecule has 110 valence electrons. The Balaban J connectivity index is 2.66. The molecular weight excluding hydrogens is 326 g/mol. The van der Waals surface area contributed by atoms with Crippen molar-refractivity contribution < 1.29 is 19.4 Å². The Morgan fingerprint density at radius 3 is 2.45 bits per heavy atom. The molecule has 5 nitrogen and oxygen atoms in total. The number of hydrogen-bond donors (Lipinski definition) is 2. The lowest BCUT2D eigenvalue weighted by Crippen LogP contribution is -2.51. The number of aliphatic carboxylic acids is 1. The summed E-state index contributed by atoms with van der Waals surface area (Å²) in [6, 6.07) is 7.39. The summed E-state index contributed by atoms with van der Waals surface area (Å²) in [5.41, 5.74) is -0.0478. The number of rotatable bonds is 7. The Morgan fingerprint density at radius 1 is 1.35 bits per heavy atom. The van der Waals surface area contributed by atoms with Crippen LogP contribution in [0.4, 0.5) is 0 Å². The number of carbonyl (C=O) groups excluding carboxylic acids is 1. The van der Waals surface area contributed by atoms with Crippen LogP contribution in [0.2, 0.25) is 0 Å². The Labute approximate surface area is 126 Å². The number of nitrogens with one attached hydrogen (secondary N) is 1. The molecule has 0 spiro atoms. The molecule has 0 radical (unpaired) electrons. The number of halogens is 1. The second kappa shape index (κ2) is 7.40. The van der Waals surface area contributed by atoms with E-state index in [0.717, 1.165) is 10.0 Å². The molecule has 20 heavy (non-hydrogen) atoms.